The summed E-state index contributed by atoms with van der Waals surface area (Å²) in [4.78, 5) is 14.9. The average Bonchev–Trinajstić information content (AvgIpc) is 3.51. The van der Waals surface area contributed by atoms with Gasteiger partial charge in [-0.2, -0.15) is 0 Å². The first kappa shape index (κ1) is 19.1. The number of ether oxygens (including phenoxy) is 2. The Bertz CT molecular complexity index is 1090. The number of amides is 1. The quantitative estimate of drug-likeness (QED) is 0.566. The molecule has 2 heterocycles. The van der Waals surface area contributed by atoms with Crippen LogP contribution in [0.3, 0.4) is 0 Å². The predicted octanol–water partition coefficient (Wildman–Crippen LogP) is 3.95. The van der Waals surface area contributed by atoms with Crippen LogP contribution >= 0.6 is 15.9 Å². The Morgan fingerprint density at radius 2 is 1.87 bits per heavy atom. The van der Waals surface area contributed by atoms with Gasteiger partial charge in [0.15, 0.2) is 17.2 Å². The highest BCUT2D eigenvalue weighted by Crippen LogP contribution is 2.42. The minimum Gasteiger partial charge on any atom is -0.486 e. The van der Waals surface area contributed by atoms with Crippen LogP contribution in [0, 0.1) is 0 Å². The van der Waals surface area contributed by atoms with Crippen LogP contribution < -0.4 is 9.47 Å². The average molecular weight is 469 g/mol. The molecule has 0 atom stereocenters. The van der Waals surface area contributed by atoms with E-state index in [4.69, 9.17) is 9.47 Å². The number of hydrogen-bond donors (Lipinski definition) is 0. The molecule has 3 aromatic rings. The molecule has 0 bridgehead atoms. The number of nitrogens with zero attached hydrogens (tertiary/aromatic N) is 4. The monoisotopic (exact) mass is 468 g/mol. The van der Waals surface area contributed by atoms with Crippen molar-refractivity contribution in [1.29, 1.82) is 0 Å². The number of rotatable bonds is 5. The first-order valence-electron chi connectivity index (χ1n) is 9.95. The Morgan fingerprint density at radius 3 is 2.60 bits per heavy atom. The summed E-state index contributed by atoms with van der Waals surface area (Å²) in [7, 11) is 1.79. The molecule has 30 heavy (non-hydrogen) atoms. The Hall–Kier alpha value is -2.87. The molecule has 1 fully saturated rings. The Morgan fingerprint density at radius 1 is 1.13 bits per heavy atom. The molecule has 0 spiro atoms. The normalized spacial score (nSPS) is 15.1. The van der Waals surface area contributed by atoms with Crippen molar-refractivity contribution >= 4 is 21.8 Å². The fourth-order valence-corrected chi connectivity index (χ4v) is 3.91. The molecule has 7 nitrogen and oxygen atoms in total. The number of halogens is 1. The Kier molecular flexibility index (Phi) is 4.94. The second-order valence-electron chi connectivity index (χ2n) is 7.63. The highest BCUT2D eigenvalue weighted by atomic mass is 79.9. The summed E-state index contributed by atoms with van der Waals surface area (Å²) in [6, 6.07) is 13.6. The van der Waals surface area contributed by atoms with Crippen LogP contribution in [0.4, 0.5) is 0 Å². The number of benzene rings is 2. The van der Waals surface area contributed by atoms with E-state index in [0.717, 1.165) is 45.8 Å². The van der Waals surface area contributed by atoms with Gasteiger partial charge in [-0.1, -0.05) is 27.2 Å². The molecule has 1 aliphatic carbocycles. The van der Waals surface area contributed by atoms with Gasteiger partial charge in [-0.15, -0.1) is 5.10 Å². The van der Waals surface area contributed by atoms with E-state index in [-0.39, 0.29) is 5.91 Å². The number of aromatic nitrogens is 3. The van der Waals surface area contributed by atoms with Gasteiger partial charge in [0.1, 0.15) is 13.2 Å². The van der Waals surface area contributed by atoms with E-state index >= 15 is 0 Å². The van der Waals surface area contributed by atoms with Crippen molar-refractivity contribution in [3.63, 3.8) is 0 Å². The van der Waals surface area contributed by atoms with Crippen molar-refractivity contribution in [2.24, 2.45) is 0 Å². The highest BCUT2D eigenvalue weighted by Gasteiger charge is 2.35. The molecule has 5 rings (SSSR count). The lowest BCUT2D eigenvalue weighted by molar-refractivity contribution is 0.0777. The second kappa shape index (κ2) is 7.75. The standard InChI is InChI=1S/C22H21BrN4O3/c1-26(13-14-2-9-18-19(12-14)30-11-10-29-18)22(28)20-21(15-3-4-15)27(25-24-20)17-7-5-16(23)6-8-17/h2,5-9,12,15H,3-4,10-11,13H2,1H3. The van der Waals surface area contributed by atoms with Gasteiger partial charge in [-0.25, -0.2) is 4.68 Å². The molecule has 0 N–H and O–H groups in total. The summed E-state index contributed by atoms with van der Waals surface area (Å²) < 4.78 is 14.0. The first-order valence-corrected chi connectivity index (χ1v) is 10.7. The largest absolute Gasteiger partial charge is 0.486 e. The molecule has 154 valence electrons. The minimum absolute atomic E-state index is 0.129. The molecule has 0 unspecified atom stereocenters. The Labute approximate surface area is 182 Å². The molecule has 2 aliphatic rings. The van der Waals surface area contributed by atoms with E-state index in [2.05, 4.69) is 26.2 Å². The third-order valence-electron chi connectivity index (χ3n) is 5.32. The maximum absolute atomic E-state index is 13.2. The van der Waals surface area contributed by atoms with E-state index in [0.29, 0.717) is 31.4 Å². The molecular formula is C22H21BrN4O3. The van der Waals surface area contributed by atoms with Gasteiger partial charge in [0.05, 0.1) is 11.4 Å². The molecule has 1 amide bonds. The smallest absolute Gasteiger partial charge is 0.276 e. The predicted molar refractivity (Wildman–Crippen MR) is 114 cm³/mol. The lowest BCUT2D eigenvalue weighted by atomic mass is 10.1. The van der Waals surface area contributed by atoms with Crippen LogP contribution in [0.5, 0.6) is 11.5 Å². The van der Waals surface area contributed by atoms with E-state index < -0.39 is 0 Å². The molecule has 0 radical (unpaired) electrons. The molecule has 2 aromatic carbocycles. The lowest BCUT2D eigenvalue weighted by Crippen LogP contribution is -2.27. The lowest BCUT2D eigenvalue weighted by Gasteiger charge is -2.21. The Balaban J connectivity index is 1.40. The third kappa shape index (κ3) is 3.67. The summed E-state index contributed by atoms with van der Waals surface area (Å²) in [6.45, 7) is 1.54. The zero-order chi connectivity index (χ0) is 20.7. The van der Waals surface area contributed by atoms with Gasteiger partial charge in [-0.3, -0.25) is 4.79 Å². The van der Waals surface area contributed by atoms with Crippen molar-refractivity contribution in [3.05, 3.63) is 63.9 Å². The number of carbonyl (C=O) groups excluding carboxylic acids is 1. The van der Waals surface area contributed by atoms with Gasteiger partial charge < -0.3 is 14.4 Å². The molecule has 1 aromatic heterocycles. The third-order valence-corrected chi connectivity index (χ3v) is 5.84. The number of hydrogen-bond acceptors (Lipinski definition) is 5. The van der Waals surface area contributed by atoms with Crippen molar-refractivity contribution < 1.29 is 14.3 Å². The van der Waals surface area contributed by atoms with Crippen molar-refractivity contribution in [3.8, 4) is 17.2 Å². The van der Waals surface area contributed by atoms with Crippen molar-refractivity contribution in [2.45, 2.75) is 25.3 Å². The van der Waals surface area contributed by atoms with E-state index in [1.807, 2.05) is 42.5 Å². The fourth-order valence-electron chi connectivity index (χ4n) is 3.65. The first-order chi connectivity index (χ1) is 14.6. The highest BCUT2D eigenvalue weighted by molar-refractivity contribution is 9.10. The molecule has 1 saturated carbocycles. The van der Waals surface area contributed by atoms with Crippen LogP contribution in [0.2, 0.25) is 0 Å². The number of carbonyl (C=O) groups is 1. The zero-order valence-corrected chi connectivity index (χ0v) is 18.1. The summed E-state index contributed by atoms with van der Waals surface area (Å²) in [5.74, 6) is 1.66. The second-order valence-corrected chi connectivity index (χ2v) is 8.54. The molecule has 8 heteroatoms. The van der Waals surface area contributed by atoms with Crippen LogP contribution in [-0.2, 0) is 6.54 Å². The maximum Gasteiger partial charge on any atom is 0.276 e. The van der Waals surface area contributed by atoms with Crippen molar-refractivity contribution in [1.82, 2.24) is 19.9 Å². The van der Waals surface area contributed by atoms with Crippen LogP contribution in [0.25, 0.3) is 5.69 Å². The topological polar surface area (TPSA) is 69.5 Å². The van der Waals surface area contributed by atoms with Gasteiger partial charge >= 0.3 is 0 Å². The van der Waals surface area contributed by atoms with E-state index in [1.165, 1.54) is 0 Å². The molecular weight excluding hydrogens is 448 g/mol. The molecule has 1 aliphatic heterocycles. The number of fused-ring (bicyclic) bond motifs is 1. The van der Waals surface area contributed by atoms with Crippen LogP contribution in [0.1, 0.15) is 40.5 Å². The summed E-state index contributed by atoms with van der Waals surface area (Å²) >= 11 is 3.46. The van der Waals surface area contributed by atoms with E-state index in [1.54, 1.807) is 16.6 Å². The van der Waals surface area contributed by atoms with Gasteiger partial charge in [0.2, 0.25) is 0 Å². The van der Waals surface area contributed by atoms with Crippen LogP contribution in [0.15, 0.2) is 46.9 Å². The van der Waals surface area contributed by atoms with E-state index in [9.17, 15) is 4.79 Å². The maximum atomic E-state index is 13.2. The van der Waals surface area contributed by atoms with Gasteiger partial charge in [0.25, 0.3) is 5.91 Å². The summed E-state index contributed by atoms with van der Waals surface area (Å²) in [5.41, 5.74) is 3.21. The van der Waals surface area contributed by atoms with Crippen molar-refractivity contribution in [2.75, 3.05) is 20.3 Å². The van der Waals surface area contributed by atoms with Crippen LogP contribution in [-0.4, -0.2) is 46.1 Å². The minimum atomic E-state index is -0.129. The SMILES string of the molecule is CN(Cc1ccc2c(c1)OCCO2)C(=O)c1nnn(-c2ccc(Br)cc2)c1C1CC1. The zero-order valence-electron chi connectivity index (χ0n) is 16.5. The summed E-state index contributed by atoms with van der Waals surface area (Å²) in [5, 5.41) is 8.59. The molecule has 0 saturated heterocycles. The van der Waals surface area contributed by atoms with Gasteiger partial charge in [-0.05, 0) is 54.8 Å². The summed E-state index contributed by atoms with van der Waals surface area (Å²) in [6.07, 6.45) is 2.10. The fraction of sp³-hybridized carbons (Fsp3) is 0.318. The van der Waals surface area contributed by atoms with Gasteiger partial charge in [0, 0.05) is 24.0 Å².